The second-order valence-electron chi connectivity index (χ2n) is 21.0. The van der Waals surface area contributed by atoms with Crippen molar-refractivity contribution >= 4 is 17.9 Å². The van der Waals surface area contributed by atoms with Crippen LogP contribution in [0, 0.1) is 0 Å². The van der Waals surface area contributed by atoms with Gasteiger partial charge in [0, 0.05) is 19.3 Å². The number of ether oxygens (including phenoxy) is 3. The molecule has 6 heteroatoms. The molecule has 0 spiro atoms. The van der Waals surface area contributed by atoms with Gasteiger partial charge in [0.15, 0.2) is 6.10 Å². The van der Waals surface area contributed by atoms with Gasteiger partial charge in [-0.2, -0.15) is 0 Å². The average molecular weight is 972 g/mol. The van der Waals surface area contributed by atoms with Crippen molar-refractivity contribution in [3.05, 3.63) is 24.3 Å². The Morgan fingerprint density at radius 1 is 0.290 bits per heavy atom. The monoisotopic (exact) mass is 971 g/mol. The first kappa shape index (κ1) is 66.9. The van der Waals surface area contributed by atoms with Gasteiger partial charge in [-0.1, -0.05) is 295 Å². The molecule has 406 valence electrons. The van der Waals surface area contributed by atoms with Crippen molar-refractivity contribution in [3.8, 4) is 0 Å². The van der Waals surface area contributed by atoms with Gasteiger partial charge in [-0.25, -0.2) is 0 Å². The maximum absolute atomic E-state index is 12.9. The topological polar surface area (TPSA) is 78.9 Å². The molecule has 0 aromatic carbocycles. The fourth-order valence-electron chi connectivity index (χ4n) is 9.30. The Balaban J connectivity index is 4.29. The molecule has 0 aliphatic heterocycles. The summed E-state index contributed by atoms with van der Waals surface area (Å²) in [5.74, 6) is -0.860. The zero-order chi connectivity index (χ0) is 50.0. The highest BCUT2D eigenvalue weighted by molar-refractivity contribution is 5.71. The van der Waals surface area contributed by atoms with E-state index in [1.807, 2.05) is 0 Å². The first-order valence-corrected chi connectivity index (χ1v) is 30.8. The molecule has 0 rings (SSSR count). The molecule has 0 aliphatic rings. The molecule has 0 aromatic heterocycles. The van der Waals surface area contributed by atoms with Crippen LogP contribution >= 0.6 is 0 Å². The fraction of sp³-hybridized carbons (Fsp3) is 0.889. The predicted octanol–water partition coefficient (Wildman–Crippen LogP) is 20.7. The number of hydrogen-bond donors (Lipinski definition) is 0. The zero-order valence-electron chi connectivity index (χ0n) is 46.6. The number of carbonyl (C=O) groups excluding carboxylic acids is 3. The summed E-state index contributed by atoms with van der Waals surface area (Å²) in [5.41, 5.74) is 0. The Morgan fingerprint density at radius 2 is 0.522 bits per heavy atom. The second-order valence-corrected chi connectivity index (χ2v) is 21.0. The molecule has 1 unspecified atom stereocenters. The van der Waals surface area contributed by atoms with Crippen molar-refractivity contribution in [2.24, 2.45) is 0 Å². The fourth-order valence-corrected chi connectivity index (χ4v) is 9.30. The molecule has 69 heavy (non-hydrogen) atoms. The quantitative estimate of drug-likeness (QED) is 0.0261. The van der Waals surface area contributed by atoms with Crippen LogP contribution in [0.4, 0.5) is 0 Å². The lowest BCUT2D eigenvalue weighted by molar-refractivity contribution is -0.167. The number of rotatable bonds is 57. The molecule has 0 fully saturated rings. The minimum absolute atomic E-state index is 0.0712. The largest absolute Gasteiger partial charge is 0.462 e. The summed E-state index contributed by atoms with van der Waals surface area (Å²) in [5, 5.41) is 0. The van der Waals surface area contributed by atoms with Gasteiger partial charge in [-0.05, 0) is 51.4 Å². The summed E-state index contributed by atoms with van der Waals surface area (Å²) >= 11 is 0. The Labute approximate surface area is 430 Å². The van der Waals surface area contributed by atoms with E-state index in [0.717, 1.165) is 77.0 Å². The summed E-state index contributed by atoms with van der Waals surface area (Å²) < 4.78 is 16.9. The van der Waals surface area contributed by atoms with Crippen LogP contribution in [0.5, 0.6) is 0 Å². The molecular formula is C63H118O6. The summed E-state index contributed by atoms with van der Waals surface area (Å²) in [7, 11) is 0. The van der Waals surface area contributed by atoms with E-state index in [-0.39, 0.29) is 31.1 Å². The van der Waals surface area contributed by atoms with Gasteiger partial charge in [-0.3, -0.25) is 14.4 Å². The van der Waals surface area contributed by atoms with Gasteiger partial charge in [0.2, 0.25) is 0 Å². The summed E-state index contributed by atoms with van der Waals surface area (Å²) in [6.45, 7) is 6.67. The smallest absolute Gasteiger partial charge is 0.306 e. The number of hydrogen-bond acceptors (Lipinski definition) is 6. The summed E-state index contributed by atoms with van der Waals surface area (Å²) in [4.78, 5) is 38.2. The lowest BCUT2D eigenvalue weighted by atomic mass is 10.0. The van der Waals surface area contributed by atoms with Crippen LogP contribution in [0.2, 0.25) is 0 Å². The maximum Gasteiger partial charge on any atom is 0.306 e. The maximum atomic E-state index is 12.9. The summed E-state index contributed by atoms with van der Waals surface area (Å²) in [6, 6.07) is 0. The van der Waals surface area contributed by atoms with Crippen LogP contribution < -0.4 is 0 Å². The molecular weight excluding hydrogens is 853 g/mol. The van der Waals surface area contributed by atoms with Gasteiger partial charge >= 0.3 is 17.9 Å². The highest BCUT2D eigenvalue weighted by Crippen LogP contribution is 2.18. The Bertz CT molecular complexity index is 1110. The van der Waals surface area contributed by atoms with Crippen molar-refractivity contribution in [2.45, 2.75) is 348 Å². The zero-order valence-corrected chi connectivity index (χ0v) is 46.6. The third-order valence-corrected chi connectivity index (χ3v) is 14.0. The first-order chi connectivity index (χ1) is 34.0. The second kappa shape index (κ2) is 58.5. The number of unbranched alkanes of at least 4 members (excludes halogenated alkanes) is 42. The van der Waals surface area contributed by atoms with Crippen LogP contribution in [-0.2, 0) is 28.6 Å². The van der Waals surface area contributed by atoms with E-state index in [2.05, 4.69) is 45.1 Å². The predicted molar refractivity (Wildman–Crippen MR) is 298 cm³/mol. The molecule has 0 bridgehead atoms. The molecule has 0 heterocycles. The van der Waals surface area contributed by atoms with Gasteiger partial charge < -0.3 is 14.2 Å². The highest BCUT2D eigenvalue weighted by Gasteiger charge is 2.19. The standard InChI is InChI=1S/C63H118O6/c1-4-7-10-13-16-19-22-25-28-30-31-32-33-34-36-38-41-44-47-50-53-56-62(65)68-59-60(58-67-61(64)55-52-49-46-43-40-37-27-24-21-18-15-12-9-6-3)69-63(66)57-54-51-48-45-42-39-35-29-26-23-20-17-14-11-8-5-2/h20,23,29,35,60H,4-19,21-22,24-28,30-34,36-59H2,1-3H3/b23-20-,35-29-. The molecule has 0 aromatic rings. The summed E-state index contributed by atoms with van der Waals surface area (Å²) in [6.07, 6.45) is 68.9. The van der Waals surface area contributed by atoms with Crippen LogP contribution in [0.3, 0.4) is 0 Å². The Hall–Kier alpha value is -2.11. The van der Waals surface area contributed by atoms with Gasteiger partial charge in [-0.15, -0.1) is 0 Å². The third kappa shape index (κ3) is 56.7. The van der Waals surface area contributed by atoms with E-state index < -0.39 is 6.10 Å². The van der Waals surface area contributed by atoms with E-state index in [0.29, 0.717) is 19.3 Å². The SMILES string of the molecule is CCCCCC/C=C\C/C=C\CCCCCCCC(=O)OC(COC(=O)CCCCCCCCCCCCCCCC)COC(=O)CCCCCCCCCCCCCCCCCCCCCCC. The van der Waals surface area contributed by atoms with E-state index in [1.54, 1.807) is 0 Å². The third-order valence-electron chi connectivity index (χ3n) is 14.0. The molecule has 6 nitrogen and oxygen atoms in total. The van der Waals surface area contributed by atoms with Crippen molar-refractivity contribution in [2.75, 3.05) is 13.2 Å². The van der Waals surface area contributed by atoms with E-state index in [1.165, 1.54) is 225 Å². The van der Waals surface area contributed by atoms with Crippen LogP contribution in [0.1, 0.15) is 342 Å². The van der Waals surface area contributed by atoms with Crippen LogP contribution in [0.15, 0.2) is 24.3 Å². The minimum atomic E-state index is -0.774. The normalized spacial score (nSPS) is 12.1. The van der Waals surface area contributed by atoms with Gasteiger partial charge in [0.05, 0.1) is 0 Å². The van der Waals surface area contributed by atoms with E-state index in [4.69, 9.17) is 14.2 Å². The van der Waals surface area contributed by atoms with Crippen molar-refractivity contribution in [1.82, 2.24) is 0 Å². The number of allylic oxidation sites excluding steroid dienone is 4. The highest BCUT2D eigenvalue weighted by atomic mass is 16.6. The minimum Gasteiger partial charge on any atom is -0.462 e. The molecule has 1 atom stereocenters. The van der Waals surface area contributed by atoms with Crippen molar-refractivity contribution in [1.29, 1.82) is 0 Å². The van der Waals surface area contributed by atoms with Gasteiger partial charge in [0.1, 0.15) is 13.2 Å². The van der Waals surface area contributed by atoms with Crippen molar-refractivity contribution < 1.29 is 28.6 Å². The molecule has 0 aliphatic carbocycles. The lowest BCUT2D eigenvalue weighted by Crippen LogP contribution is -2.30. The number of esters is 3. The lowest BCUT2D eigenvalue weighted by Gasteiger charge is -2.18. The number of carbonyl (C=O) groups is 3. The molecule has 0 N–H and O–H groups in total. The van der Waals surface area contributed by atoms with Crippen LogP contribution in [0.25, 0.3) is 0 Å². The van der Waals surface area contributed by atoms with E-state index >= 15 is 0 Å². The average Bonchev–Trinajstić information content (AvgIpc) is 3.35. The van der Waals surface area contributed by atoms with Gasteiger partial charge in [0.25, 0.3) is 0 Å². The van der Waals surface area contributed by atoms with Crippen LogP contribution in [-0.4, -0.2) is 37.2 Å². The Kier molecular flexibility index (Phi) is 56.7. The van der Waals surface area contributed by atoms with Crippen molar-refractivity contribution in [3.63, 3.8) is 0 Å². The molecule has 0 amide bonds. The Morgan fingerprint density at radius 3 is 0.812 bits per heavy atom. The van der Waals surface area contributed by atoms with E-state index in [9.17, 15) is 14.4 Å². The molecule has 0 radical (unpaired) electrons. The molecule has 0 saturated carbocycles. The molecule has 0 saturated heterocycles. The first-order valence-electron chi connectivity index (χ1n) is 30.8.